The molecule has 0 aromatic carbocycles. The molecule has 0 spiro atoms. The molecule has 1 aliphatic heterocycles. The topological polar surface area (TPSA) is 90.3 Å². The van der Waals surface area contributed by atoms with E-state index in [1.54, 1.807) is 6.08 Å². The van der Waals surface area contributed by atoms with Gasteiger partial charge in [-0.3, -0.25) is 4.57 Å². The molecule has 0 amide bonds. The summed E-state index contributed by atoms with van der Waals surface area (Å²) in [4.78, 5) is 0. The van der Waals surface area contributed by atoms with Gasteiger partial charge in [-0.1, -0.05) is 0 Å². The maximum Gasteiger partial charge on any atom is 0.353 e. The van der Waals surface area contributed by atoms with E-state index in [0.717, 1.165) is 0 Å². The van der Waals surface area contributed by atoms with Crippen LogP contribution < -0.4 is 0 Å². The molecule has 0 aromatic heterocycles. The van der Waals surface area contributed by atoms with Gasteiger partial charge >= 0.3 is 7.60 Å². The predicted molar refractivity (Wildman–Crippen MR) is 114 cm³/mol. The Morgan fingerprint density at radius 1 is 1.28 bits per heavy atom. The molecular formula is C18H33BN2O6P2. The highest BCUT2D eigenvalue weighted by Gasteiger charge is 2.34. The lowest BCUT2D eigenvalue weighted by atomic mass is 9.89. The first-order valence-electron chi connectivity index (χ1n) is 9.72. The van der Waals surface area contributed by atoms with Gasteiger partial charge < -0.3 is 22.8 Å². The average Bonchev–Trinajstić information content (AvgIpc) is 2.65. The molecule has 0 N–H and O–H groups in total. The Hall–Kier alpha value is -0.285. The van der Waals surface area contributed by atoms with Crippen LogP contribution in [0.5, 0.6) is 0 Å². The molecule has 8 nitrogen and oxygen atoms in total. The molecule has 1 heterocycles. The molecule has 1 saturated heterocycles. The van der Waals surface area contributed by atoms with Crippen LogP contribution in [0.4, 0.5) is 0 Å². The summed E-state index contributed by atoms with van der Waals surface area (Å²) < 4.78 is 42.2. The van der Waals surface area contributed by atoms with E-state index in [1.807, 2.05) is 0 Å². The summed E-state index contributed by atoms with van der Waals surface area (Å²) in [6.07, 6.45) is 2.40. The van der Waals surface area contributed by atoms with Crippen molar-refractivity contribution in [3.63, 3.8) is 0 Å². The average molecular weight is 446 g/mol. The third-order valence-corrected chi connectivity index (χ3v) is 7.97. The van der Waals surface area contributed by atoms with Crippen LogP contribution in [-0.4, -0.2) is 63.6 Å². The normalized spacial score (nSPS) is 24.5. The minimum atomic E-state index is -3.28. The Bertz CT molecular complexity index is 585. The van der Waals surface area contributed by atoms with Crippen LogP contribution >= 0.6 is 16.1 Å². The monoisotopic (exact) mass is 446 g/mol. The van der Waals surface area contributed by atoms with E-state index in [0.29, 0.717) is 25.9 Å². The van der Waals surface area contributed by atoms with Crippen molar-refractivity contribution in [1.82, 2.24) is 4.67 Å². The van der Waals surface area contributed by atoms with Gasteiger partial charge in [0, 0.05) is 44.5 Å². The molecule has 1 fully saturated rings. The van der Waals surface area contributed by atoms with E-state index in [2.05, 4.69) is 38.4 Å². The van der Waals surface area contributed by atoms with E-state index >= 15 is 0 Å². The SMILES string of the molecule is [B]C1CC(OP(OCCC#N)N(C(C)C)C(C)C)CC(/C=C/P(=O)(OC)OC)O1. The molecule has 11 heteroatoms. The standard InChI is InChI=1S/C18H33BN2O6P2/c1-14(2)21(15(3)4)28(25-10-7-9-20)27-17-12-16(26-18(19)13-17)8-11-29(22,23-5)24-6/h8,11,14-18H,7,10,12-13H2,1-6H3/b11-8+. The summed E-state index contributed by atoms with van der Waals surface area (Å²) >= 11 is 0. The lowest BCUT2D eigenvalue weighted by molar-refractivity contribution is -0.0364. The first kappa shape index (κ1) is 26.7. The minimum Gasteiger partial charge on any atom is -0.380 e. The molecule has 164 valence electrons. The van der Waals surface area contributed by atoms with Gasteiger partial charge in [-0.15, -0.1) is 0 Å². The summed E-state index contributed by atoms with van der Waals surface area (Å²) in [5.41, 5.74) is 0. The van der Waals surface area contributed by atoms with Crippen molar-refractivity contribution in [2.24, 2.45) is 0 Å². The highest BCUT2D eigenvalue weighted by molar-refractivity contribution is 7.57. The van der Waals surface area contributed by atoms with Crippen molar-refractivity contribution in [3.05, 3.63) is 11.9 Å². The first-order valence-corrected chi connectivity index (χ1v) is 12.5. The Balaban J connectivity index is 2.89. The van der Waals surface area contributed by atoms with Crippen molar-refractivity contribution >= 4 is 24.0 Å². The van der Waals surface area contributed by atoms with Gasteiger partial charge in [0.15, 0.2) is 0 Å². The van der Waals surface area contributed by atoms with Crippen molar-refractivity contribution in [2.45, 2.75) is 77.3 Å². The number of nitriles is 1. The largest absolute Gasteiger partial charge is 0.380 e. The van der Waals surface area contributed by atoms with Gasteiger partial charge in [0.25, 0.3) is 8.53 Å². The second-order valence-electron chi connectivity index (χ2n) is 7.20. The number of nitrogens with zero attached hydrogens (tertiary/aromatic N) is 2. The molecule has 0 bridgehead atoms. The van der Waals surface area contributed by atoms with Crippen LogP contribution in [0.3, 0.4) is 0 Å². The summed E-state index contributed by atoms with van der Waals surface area (Å²) in [5.74, 6) is 1.38. The van der Waals surface area contributed by atoms with Gasteiger partial charge in [-0.2, -0.15) is 5.26 Å². The smallest absolute Gasteiger partial charge is 0.353 e. The second-order valence-corrected chi connectivity index (χ2v) is 10.7. The van der Waals surface area contributed by atoms with Crippen LogP contribution in [0.15, 0.2) is 11.9 Å². The van der Waals surface area contributed by atoms with E-state index < -0.39 is 22.1 Å². The van der Waals surface area contributed by atoms with E-state index in [1.165, 1.54) is 20.0 Å². The van der Waals surface area contributed by atoms with E-state index in [4.69, 9.17) is 35.9 Å². The summed E-state index contributed by atoms with van der Waals surface area (Å²) in [5, 5.41) is 8.83. The fraction of sp³-hybridized carbons (Fsp3) is 0.833. The zero-order chi connectivity index (χ0) is 22.0. The number of hydrogen-bond donors (Lipinski definition) is 0. The maximum atomic E-state index is 12.2. The Labute approximate surface area is 177 Å². The zero-order valence-corrected chi connectivity index (χ0v) is 20.0. The number of rotatable bonds is 12. The maximum absolute atomic E-state index is 12.2. The van der Waals surface area contributed by atoms with E-state index in [9.17, 15) is 4.57 Å². The summed E-state index contributed by atoms with van der Waals surface area (Å²) in [6, 6.07) is 1.99. The third kappa shape index (κ3) is 9.17. The van der Waals surface area contributed by atoms with Gasteiger partial charge in [0.1, 0.15) is 7.85 Å². The van der Waals surface area contributed by atoms with Crippen molar-refractivity contribution in [1.29, 1.82) is 5.26 Å². The molecular weight excluding hydrogens is 413 g/mol. The molecule has 0 aliphatic carbocycles. The predicted octanol–water partition coefficient (Wildman–Crippen LogP) is 4.32. The second kappa shape index (κ2) is 13.2. The van der Waals surface area contributed by atoms with Gasteiger partial charge in [0.2, 0.25) is 0 Å². The molecule has 4 atom stereocenters. The number of ether oxygens (including phenoxy) is 1. The minimum absolute atomic E-state index is 0.203. The van der Waals surface area contributed by atoms with Crippen molar-refractivity contribution in [3.8, 4) is 6.07 Å². The zero-order valence-electron chi connectivity index (χ0n) is 18.2. The molecule has 1 aliphatic rings. The molecule has 1 rings (SSSR count). The summed E-state index contributed by atoms with van der Waals surface area (Å²) in [7, 11) is 4.06. The van der Waals surface area contributed by atoms with Crippen LogP contribution in [0.2, 0.25) is 0 Å². The Kier molecular flexibility index (Phi) is 12.2. The molecule has 29 heavy (non-hydrogen) atoms. The Morgan fingerprint density at radius 3 is 2.41 bits per heavy atom. The lowest BCUT2D eigenvalue weighted by Gasteiger charge is -2.40. The Morgan fingerprint density at radius 2 is 1.90 bits per heavy atom. The first-order chi connectivity index (χ1) is 13.7. The van der Waals surface area contributed by atoms with Crippen LogP contribution in [0.1, 0.15) is 47.0 Å². The van der Waals surface area contributed by atoms with Crippen LogP contribution in [-0.2, 0) is 27.4 Å². The quantitative estimate of drug-likeness (QED) is 0.249. The molecule has 4 unspecified atom stereocenters. The molecule has 0 saturated carbocycles. The van der Waals surface area contributed by atoms with Crippen LogP contribution in [0, 0.1) is 11.3 Å². The van der Waals surface area contributed by atoms with E-state index in [-0.39, 0.29) is 24.3 Å². The van der Waals surface area contributed by atoms with Gasteiger partial charge in [-0.25, -0.2) is 4.67 Å². The molecule has 2 radical (unpaired) electrons. The van der Waals surface area contributed by atoms with Crippen LogP contribution in [0.25, 0.3) is 0 Å². The fourth-order valence-electron chi connectivity index (χ4n) is 2.98. The van der Waals surface area contributed by atoms with Gasteiger partial charge in [-0.05, 0) is 40.2 Å². The highest BCUT2D eigenvalue weighted by atomic mass is 31.2. The van der Waals surface area contributed by atoms with Gasteiger partial charge in [0.05, 0.1) is 31.3 Å². The molecule has 0 aromatic rings. The summed E-state index contributed by atoms with van der Waals surface area (Å²) in [6.45, 7) is 8.64. The fourth-order valence-corrected chi connectivity index (χ4v) is 5.51. The lowest BCUT2D eigenvalue weighted by Crippen LogP contribution is -2.39. The third-order valence-electron chi connectivity index (χ3n) is 4.23. The number of hydrogen-bond acceptors (Lipinski definition) is 8. The van der Waals surface area contributed by atoms with Crippen molar-refractivity contribution < 1.29 is 27.4 Å². The highest BCUT2D eigenvalue weighted by Crippen LogP contribution is 2.50. The van der Waals surface area contributed by atoms with Crippen molar-refractivity contribution in [2.75, 3.05) is 20.8 Å².